The predicted molar refractivity (Wildman–Crippen MR) is 207 cm³/mol. The van der Waals surface area contributed by atoms with E-state index in [1.165, 1.54) is 50.1 Å². The van der Waals surface area contributed by atoms with E-state index in [2.05, 4.69) is 115 Å². The number of rotatable bonds is 6. The number of hydrogen-bond donors (Lipinski definition) is 0. The van der Waals surface area contributed by atoms with Crippen LogP contribution in [0.4, 0.5) is 0 Å². The highest BCUT2D eigenvalue weighted by Gasteiger charge is 2.26. The molecule has 3 nitrogen and oxygen atoms in total. The summed E-state index contributed by atoms with van der Waals surface area (Å²) in [6.45, 7) is 0. The zero-order chi connectivity index (χ0) is 32.6. The van der Waals surface area contributed by atoms with Crippen LogP contribution in [-0.2, 0) is 6.42 Å². The first-order valence-corrected chi connectivity index (χ1v) is 16.7. The lowest BCUT2D eigenvalue weighted by molar-refractivity contribution is 1.07. The number of hydrogen-bond acceptors (Lipinski definition) is 3. The predicted octanol–water partition coefficient (Wildman–Crippen LogP) is 12.1. The van der Waals surface area contributed by atoms with E-state index in [0.717, 1.165) is 28.7 Å². The summed E-state index contributed by atoms with van der Waals surface area (Å²) in [5, 5.41) is 0. The molecule has 9 rings (SSSR count). The smallest absolute Gasteiger partial charge is 0.164 e. The normalized spacial score (nSPS) is 11.4. The van der Waals surface area contributed by atoms with Gasteiger partial charge in [0.2, 0.25) is 0 Å². The summed E-state index contributed by atoms with van der Waals surface area (Å²) in [7, 11) is 0. The highest BCUT2D eigenvalue weighted by atomic mass is 15.0. The molecule has 0 saturated carbocycles. The molecule has 238 valence electrons. The summed E-state index contributed by atoms with van der Waals surface area (Å²) in [6, 6.07) is 61.8. The van der Waals surface area contributed by atoms with Crippen LogP contribution in [0.2, 0.25) is 0 Å². The Labute approximate surface area is 293 Å². The van der Waals surface area contributed by atoms with Crippen LogP contribution in [0.25, 0.3) is 78.7 Å². The number of nitrogens with zero attached hydrogens (tertiary/aromatic N) is 3. The minimum Gasteiger partial charge on any atom is -0.208 e. The Balaban J connectivity index is 0.00000361. The zero-order valence-corrected chi connectivity index (χ0v) is 26.8. The SMILES string of the molecule is C.c1ccc(-c2cc(-c3ccccc3)c3c(c2)-c2cccc(-c4cccc(-c5nc(-c6ccccc6)nc(-c6ccccc6)n5)c4)c2C3)cc1. The maximum Gasteiger partial charge on any atom is 0.164 e. The number of aromatic nitrogens is 3. The Hall–Kier alpha value is -6.45. The molecule has 1 heterocycles. The van der Waals surface area contributed by atoms with E-state index >= 15 is 0 Å². The highest BCUT2D eigenvalue weighted by Crippen LogP contribution is 2.47. The lowest BCUT2D eigenvalue weighted by atomic mass is 9.91. The molecule has 0 spiro atoms. The molecule has 50 heavy (non-hydrogen) atoms. The number of fused-ring (bicyclic) bond motifs is 3. The fraction of sp³-hybridized carbons (Fsp3) is 0.0426. The van der Waals surface area contributed by atoms with Crippen molar-refractivity contribution in [3.63, 3.8) is 0 Å². The first-order valence-electron chi connectivity index (χ1n) is 16.7. The fourth-order valence-electron chi connectivity index (χ4n) is 7.02. The monoisotopic (exact) mass is 641 g/mol. The van der Waals surface area contributed by atoms with E-state index < -0.39 is 0 Å². The van der Waals surface area contributed by atoms with Gasteiger partial charge in [-0.25, -0.2) is 15.0 Å². The zero-order valence-electron chi connectivity index (χ0n) is 26.8. The third-order valence-electron chi connectivity index (χ3n) is 9.39. The van der Waals surface area contributed by atoms with Gasteiger partial charge in [0, 0.05) is 16.7 Å². The first-order chi connectivity index (χ1) is 24.3. The molecule has 0 N–H and O–H groups in total. The first kappa shape index (κ1) is 30.9. The molecule has 0 aliphatic heterocycles. The minimum atomic E-state index is 0. The second-order valence-electron chi connectivity index (χ2n) is 12.4. The minimum absolute atomic E-state index is 0. The van der Waals surface area contributed by atoms with Crippen molar-refractivity contribution in [2.75, 3.05) is 0 Å². The van der Waals surface area contributed by atoms with Crippen molar-refractivity contribution in [3.05, 3.63) is 187 Å². The molecular formula is C47H35N3. The fourth-order valence-corrected chi connectivity index (χ4v) is 7.02. The second kappa shape index (κ2) is 13.2. The van der Waals surface area contributed by atoms with Crippen molar-refractivity contribution in [1.29, 1.82) is 0 Å². The van der Waals surface area contributed by atoms with E-state index in [-0.39, 0.29) is 7.43 Å². The third-order valence-corrected chi connectivity index (χ3v) is 9.39. The van der Waals surface area contributed by atoms with Crippen LogP contribution in [0, 0.1) is 0 Å². The van der Waals surface area contributed by atoms with Crippen LogP contribution in [-0.4, -0.2) is 15.0 Å². The third kappa shape index (κ3) is 5.69. The van der Waals surface area contributed by atoms with Crippen molar-refractivity contribution in [1.82, 2.24) is 15.0 Å². The van der Waals surface area contributed by atoms with Gasteiger partial charge in [0.1, 0.15) is 0 Å². The average Bonchev–Trinajstić information content (AvgIpc) is 3.58. The Morgan fingerprint density at radius 3 is 1.30 bits per heavy atom. The molecule has 7 aromatic carbocycles. The summed E-state index contributed by atoms with van der Waals surface area (Å²) < 4.78 is 0. The van der Waals surface area contributed by atoms with Crippen LogP contribution in [0.1, 0.15) is 18.6 Å². The summed E-state index contributed by atoms with van der Waals surface area (Å²) in [5.74, 6) is 1.98. The molecule has 0 bridgehead atoms. The molecule has 0 saturated heterocycles. The Morgan fingerprint density at radius 2 is 0.700 bits per heavy atom. The van der Waals surface area contributed by atoms with Crippen LogP contribution in [0.15, 0.2) is 176 Å². The van der Waals surface area contributed by atoms with E-state index in [1.54, 1.807) is 0 Å². The van der Waals surface area contributed by atoms with Gasteiger partial charge in [0.25, 0.3) is 0 Å². The highest BCUT2D eigenvalue weighted by molar-refractivity contribution is 5.93. The van der Waals surface area contributed by atoms with Gasteiger partial charge in [-0.1, -0.05) is 165 Å². The lowest BCUT2D eigenvalue weighted by Crippen LogP contribution is -2.00. The molecule has 1 aromatic heterocycles. The van der Waals surface area contributed by atoms with Gasteiger partial charge in [-0.05, 0) is 80.3 Å². The molecule has 3 heteroatoms. The summed E-state index contributed by atoms with van der Waals surface area (Å²) >= 11 is 0. The topological polar surface area (TPSA) is 38.7 Å². The maximum absolute atomic E-state index is 5.00. The Bertz CT molecular complexity index is 2380. The van der Waals surface area contributed by atoms with Crippen LogP contribution in [0.3, 0.4) is 0 Å². The molecule has 0 radical (unpaired) electrons. The lowest BCUT2D eigenvalue weighted by Gasteiger charge is -2.13. The van der Waals surface area contributed by atoms with Gasteiger partial charge >= 0.3 is 0 Å². The van der Waals surface area contributed by atoms with Crippen LogP contribution >= 0.6 is 0 Å². The van der Waals surface area contributed by atoms with Crippen LogP contribution in [0.5, 0.6) is 0 Å². The molecule has 1 aliphatic rings. The molecule has 1 aliphatic carbocycles. The van der Waals surface area contributed by atoms with Gasteiger partial charge in [-0.2, -0.15) is 0 Å². The number of benzene rings is 7. The van der Waals surface area contributed by atoms with Gasteiger partial charge in [-0.3, -0.25) is 0 Å². The summed E-state index contributed by atoms with van der Waals surface area (Å²) in [5.41, 5.74) is 15.6. The van der Waals surface area contributed by atoms with Crippen molar-refractivity contribution in [3.8, 4) is 78.7 Å². The van der Waals surface area contributed by atoms with Gasteiger partial charge in [-0.15, -0.1) is 0 Å². The molecular weight excluding hydrogens is 607 g/mol. The Kier molecular flexibility index (Phi) is 8.16. The average molecular weight is 642 g/mol. The molecule has 0 atom stereocenters. The largest absolute Gasteiger partial charge is 0.208 e. The quantitative estimate of drug-likeness (QED) is 0.181. The molecule has 0 fully saturated rings. The van der Waals surface area contributed by atoms with E-state index in [9.17, 15) is 0 Å². The molecule has 0 amide bonds. The van der Waals surface area contributed by atoms with Gasteiger partial charge in [0.15, 0.2) is 17.5 Å². The Morgan fingerprint density at radius 1 is 0.280 bits per heavy atom. The summed E-state index contributed by atoms with van der Waals surface area (Å²) in [4.78, 5) is 14.9. The molecule has 0 unspecified atom stereocenters. The van der Waals surface area contributed by atoms with Crippen molar-refractivity contribution in [2.45, 2.75) is 13.8 Å². The van der Waals surface area contributed by atoms with Crippen molar-refractivity contribution < 1.29 is 0 Å². The van der Waals surface area contributed by atoms with E-state index in [0.29, 0.717) is 17.5 Å². The van der Waals surface area contributed by atoms with E-state index in [4.69, 9.17) is 15.0 Å². The molecule has 8 aromatic rings. The van der Waals surface area contributed by atoms with Gasteiger partial charge < -0.3 is 0 Å². The van der Waals surface area contributed by atoms with Gasteiger partial charge in [0.05, 0.1) is 0 Å². The van der Waals surface area contributed by atoms with Crippen molar-refractivity contribution in [2.24, 2.45) is 0 Å². The van der Waals surface area contributed by atoms with E-state index in [1.807, 2.05) is 60.7 Å². The summed E-state index contributed by atoms with van der Waals surface area (Å²) in [6.07, 6.45) is 0.867. The van der Waals surface area contributed by atoms with Crippen molar-refractivity contribution >= 4 is 0 Å². The van der Waals surface area contributed by atoms with Crippen LogP contribution < -0.4 is 0 Å². The second-order valence-corrected chi connectivity index (χ2v) is 12.4. The standard InChI is InChI=1S/C46H31N3.CH4/c1-5-15-31(16-6-1)37-28-40(32-17-7-2-8-18-32)43-30-42-38(25-14-26-39(42)41(43)29-37)35-23-13-24-36(27-35)46-48-44(33-19-9-3-10-20-33)47-45(49-46)34-21-11-4-12-22-34;/h1-29H,30H2;1H4. The maximum atomic E-state index is 5.00.